The van der Waals surface area contributed by atoms with Gasteiger partial charge in [0.05, 0.1) is 17.8 Å². The molecule has 2 aromatic rings. The lowest BCUT2D eigenvalue weighted by atomic mass is 9.99. The lowest BCUT2D eigenvalue weighted by molar-refractivity contribution is 1.04. The van der Waals surface area contributed by atoms with Gasteiger partial charge in [0.1, 0.15) is 0 Å². The molecule has 0 bridgehead atoms. The molecular formula is C15H12N4S. The molecule has 0 fully saturated rings. The molecule has 0 spiro atoms. The van der Waals surface area contributed by atoms with Crippen molar-refractivity contribution in [2.24, 2.45) is 10.8 Å². The summed E-state index contributed by atoms with van der Waals surface area (Å²) in [6.45, 7) is 0. The number of hydrazone groups is 1. The number of thiocarbonyl (C=S) groups is 1. The first-order chi connectivity index (χ1) is 9.70. The maximum absolute atomic E-state index is 8.82. The highest BCUT2D eigenvalue weighted by Gasteiger charge is 2.02. The molecule has 0 saturated carbocycles. The van der Waals surface area contributed by atoms with Crippen LogP contribution in [-0.4, -0.2) is 11.3 Å². The third-order valence-corrected chi connectivity index (χ3v) is 2.76. The Bertz CT molecular complexity index is 684. The molecule has 0 heterocycles. The number of nitrogens with one attached hydrogen (secondary N) is 1. The van der Waals surface area contributed by atoms with E-state index in [0.29, 0.717) is 5.56 Å². The Morgan fingerprint density at radius 2 is 1.90 bits per heavy atom. The highest BCUT2D eigenvalue weighted by Crippen LogP contribution is 2.22. The standard InChI is InChI=1S/C15H12N4S/c16-9-11-5-7-12(8-6-11)14-4-2-1-3-13(14)10-18-19-15(17)20/h1-8,10H,(H3,17,19,20). The van der Waals surface area contributed by atoms with E-state index >= 15 is 0 Å². The van der Waals surface area contributed by atoms with Crippen LogP contribution in [0.2, 0.25) is 0 Å². The van der Waals surface area contributed by atoms with Crippen LogP contribution in [0.5, 0.6) is 0 Å². The van der Waals surface area contributed by atoms with Crippen LogP contribution < -0.4 is 11.2 Å². The van der Waals surface area contributed by atoms with Crippen molar-refractivity contribution in [3.8, 4) is 17.2 Å². The maximum atomic E-state index is 8.82. The molecule has 0 aliphatic carbocycles. The molecule has 2 aromatic carbocycles. The monoisotopic (exact) mass is 280 g/mol. The van der Waals surface area contributed by atoms with Gasteiger partial charge in [0, 0.05) is 5.56 Å². The Kier molecular flexibility index (Phi) is 4.43. The van der Waals surface area contributed by atoms with E-state index in [4.69, 9.17) is 11.0 Å². The number of nitrogens with zero attached hydrogens (tertiary/aromatic N) is 2. The summed E-state index contributed by atoms with van der Waals surface area (Å²) in [6.07, 6.45) is 1.66. The van der Waals surface area contributed by atoms with Gasteiger partial charge in [-0.25, -0.2) is 0 Å². The molecule has 5 heteroatoms. The van der Waals surface area contributed by atoms with Crippen molar-refractivity contribution in [3.63, 3.8) is 0 Å². The average Bonchev–Trinajstić information content (AvgIpc) is 2.47. The third kappa shape index (κ3) is 3.40. The van der Waals surface area contributed by atoms with Crippen molar-refractivity contribution < 1.29 is 0 Å². The van der Waals surface area contributed by atoms with E-state index < -0.39 is 0 Å². The predicted octanol–water partition coefficient (Wildman–Crippen LogP) is 2.39. The minimum atomic E-state index is 0.122. The fourth-order valence-corrected chi connectivity index (χ4v) is 1.81. The van der Waals surface area contributed by atoms with Gasteiger partial charge < -0.3 is 5.73 Å². The van der Waals surface area contributed by atoms with Crippen LogP contribution in [0, 0.1) is 11.3 Å². The molecule has 0 aliphatic rings. The van der Waals surface area contributed by atoms with Gasteiger partial charge in [-0.3, -0.25) is 5.43 Å². The fraction of sp³-hybridized carbons (Fsp3) is 0. The summed E-state index contributed by atoms with van der Waals surface area (Å²) in [6, 6.07) is 17.3. The summed E-state index contributed by atoms with van der Waals surface area (Å²) in [5, 5.41) is 12.9. The van der Waals surface area contributed by atoms with E-state index in [2.05, 4.69) is 28.8 Å². The average molecular weight is 280 g/mol. The Labute approximate surface area is 122 Å². The van der Waals surface area contributed by atoms with E-state index in [1.807, 2.05) is 36.4 Å². The summed E-state index contributed by atoms with van der Waals surface area (Å²) in [7, 11) is 0. The number of nitrogens with two attached hydrogens (primary N) is 1. The first-order valence-electron chi connectivity index (χ1n) is 5.89. The van der Waals surface area contributed by atoms with Crippen molar-refractivity contribution in [2.45, 2.75) is 0 Å². The van der Waals surface area contributed by atoms with Gasteiger partial charge in [-0.2, -0.15) is 10.4 Å². The van der Waals surface area contributed by atoms with Crippen molar-refractivity contribution in [1.82, 2.24) is 5.43 Å². The first kappa shape index (κ1) is 13.7. The van der Waals surface area contributed by atoms with Gasteiger partial charge in [-0.05, 0) is 35.5 Å². The van der Waals surface area contributed by atoms with E-state index in [9.17, 15) is 0 Å². The topological polar surface area (TPSA) is 74.2 Å². The van der Waals surface area contributed by atoms with Gasteiger partial charge in [0.15, 0.2) is 5.11 Å². The maximum Gasteiger partial charge on any atom is 0.184 e. The number of hydrogen-bond acceptors (Lipinski definition) is 3. The smallest absolute Gasteiger partial charge is 0.184 e. The normalized spacial score (nSPS) is 10.2. The zero-order valence-electron chi connectivity index (χ0n) is 10.6. The summed E-state index contributed by atoms with van der Waals surface area (Å²) < 4.78 is 0. The van der Waals surface area contributed by atoms with Crippen LogP contribution in [0.1, 0.15) is 11.1 Å². The van der Waals surface area contributed by atoms with Crippen molar-refractivity contribution in [1.29, 1.82) is 5.26 Å². The zero-order valence-corrected chi connectivity index (χ0v) is 11.4. The van der Waals surface area contributed by atoms with Crippen LogP contribution in [0.25, 0.3) is 11.1 Å². The SMILES string of the molecule is N#Cc1ccc(-c2ccccc2C=NNC(N)=S)cc1. The van der Waals surface area contributed by atoms with Gasteiger partial charge in [0.2, 0.25) is 0 Å². The molecule has 0 amide bonds. The summed E-state index contributed by atoms with van der Waals surface area (Å²) in [5.74, 6) is 0. The number of rotatable bonds is 3. The second-order valence-corrected chi connectivity index (χ2v) is 4.45. The summed E-state index contributed by atoms with van der Waals surface area (Å²) >= 11 is 4.69. The van der Waals surface area contributed by atoms with E-state index in [1.165, 1.54) is 0 Å². The molecule has 98 valence electrons. The van der Waals surface area contributed by atoms with Crippen LogP contribution in [0.3, 0.4) is 0 Å². The Morgan fingerprint density at radius 1 is 1.20 bits per heavy atom. The van der Waals surface area contributed by atoms with Crippen LogP contribution >= 0.6 is 12.2 Å². The highest BCUT2D eigenvalue weighted by atomic mass is 32.1. The molecular weight excluding hydrogens is 268 g/mol. The second kappa shape index (κ2) is 6.45. The fourth-order valence-electron chi connectivity index (χ4n) is 1.76. The van der Waals surface area contributed by atoms with Gasteiger partial charge >= 0.3 is 0 Å². The van der Waals surface area contributed by atoms with Crippen LogP contribution in [-0.2, 0) is 0 Å². The molecule has 0 unspecified atom stereocenters. The van der Waals surface area contributed by atoms with E-state index in [0.717, 1.165) is 16.7 Å². The molecule has 0 aromatic heterocycles. The predicted molar refractivity (Wildman–Crippen MR) is 84.1 cm³/mol. The first-order valence-corrected chi connectivity index (χ1v) is 6.29. The third-order valence-electron chi connectivity index (χ3n) is 2.66. The highest BCUT2D eigenvalue weighted by molar-refractivity contribution is 7.80. The molecule has 3 N–H and O–H groups in total. The zero-order chi connectivity index (χ0) is 14.4. The quantitative estimate of drug-likeness (QED) is 0.514. The molecule has 0 atom stereocenters. The molecule has 2 rings (SSSR count). The molecule has 20 heavy (non-hydrogen) atoms. The van der Waals surface area contributed by atoms with Crippen molar-refractivity contribution >= 4 is 23.5 Å². The molecule has 0 saturated heterocycles. The Morgan fingerprint density at radius 3 is 2.55 bits per heavy atom. The largest absolute Gasteiger partial charge is 0.375 e. The van der Waals surface area contributed by atoms with Gasteiger partial charge in [0.25, 0.3) is 0 Å². The lowest BCUT2D eigenvalue weighted by Crippen LogP contribution is -2.24. The van der Waals surface area contributed by atoms with Crippen LogP contribution in [0.15, 0.2) is 53.6 Å². The molecule has 4 nitrogen and oxygen atoms in total. The lowest BCUT2D eigenvalue weighted by Gasteiger charge is -2.06. The van der Waals surface area contributed by atoms with Crippen molar-refractivity contribution in [3.05, 3.63) is 59.7 Å². The minimum absolute atomic E-state index is 0.122. The van der Waals surface area contributed by atoms with E-state index in [-0.39, 0.29) is 5.11 Å². The van der Waals surface area contributed by atoms with Crippen molar-refractivity contribution in [2.75, 3.05) is 0 Å². The summed E-state index contributed by atoms with van der Waals surface area (Å²) in [4.78, 5) is 0. The van der Waals surface area contributed by atoms with Crippen LogP contribution in [0.4, 0.5) is 0 Å². The minimum Gasteiger partial charge on any atom is -0.375 e. The Hall–Kier alpha value is -2.71. The number of hydrogen-bond donors (Lipinski definition) is 2. The molecule has 0 radical (unpaired) electrons. The van der Waals surface area contributed by atoms with Gasteiger partial charge in [-0.15, -0.1) is 0 Å². The number of benzene rings is 2. The van der Waals surface area contributed by atoms with E-state index in [1.54, 1.807) is 18.3 Å². The van der Waals surface area contributed by atoms with Gasteiger partial charge in [-0.1, -0.05) is 36.4 Å². The molecule has 0 aliphatic heterocycles. The Balaban J connectivity index is 2.34. The summed E-state index contributed by atoms with van der Waals surface area (Å²) in [5.41, 5.74) is 11.4. The second-order valence-electron chi connectivity index (χ2n) is 4.01. The number of nitriles is 1.